The smallest absolute Gasteiger partial charge is 0.254 e. The van der Waals surface area contributed by atoms with Crippen LogP contribution in [0.2, 0.25) is 0 Å². The van der Waals surface area contributed by atoms with E-state index < -0.39 is 0 Å². The number of hydrogen-bond acceptors (Lipinski definition) is 1. The maximum absolute atomic E-state index is 13.9. The van der Waals surface area contributed by atoms with Crippen LogP contribution in [0.15, 0.2) is 36.4 Å². The monoisotopic (exact) mass is 285 g/mol. The summed E-state index contributed by atoms with van der Waals surface area (Å²) in [5.41, 5.74) is 0.611. The second kappa shape index (κ2) is 5.47. The number of fused-ring (bicyclic) bond motifs is 1. The van der Waals surface area contributed by atoms with E-state index in [2.05, 4.69) is 13.8 Å². The lowest BCUT2D eigenvalue weighted by Gasteiger charge is -2.25. The molecule has 1 amide bonds. The van der Waals surface area contributed by atoms with Crippen LogP contribution >= 0.6 is 0 Å². The van der Waals surface area contributed by atoms with Gasteiger partial charge in [0, 0.05) is 23.5 Å². The van der Waals surface area contributed by atoms with Gasteiger partial charge in [-0.25, -0.2) is 4.39 Å². The summed E-state index contributed by atoms with van der Waals surface area (Å²) >= 11 is 0. The first-order valence-electron chi connectivity index (χ1n) is 7.56. The van der Waals surface area contributed by atoms with E-state index in [0.29, 0.717) is 28.3 Å². The van der Waals surface area contributed by atoms with Gasteiger partial charge in [0.15, 0.2) is 0 Å². The molecule has 0 saturated heterocycles. The number of amides is 1. The highest BCUT2D eigenvalue weighted by atomic mass is 19.1. The predicted molar refractivity (Wildman–Crippen MR) is 82.8 cm³/mol. The van der Waals surface area contributed by atoms with E-state index in [1.807, 2.05) is 17.0 Å². The molecule has 0 radical (unpaired) electrons. The third-order valence-electron chi connectivity index (χ3n) is 3.91. The van der Waals surface area contributed by atoms with Gasteiger partial charge in [-0.15, -0.1) is 0 Å². The first kappa shape index (κ1) is 14.1. The van der Waals surface area contributed by atoms with Crippen molar-refractivity contribution in [2.75, 3.05) is 6.54 Å². The number of benzene rings is 2. The molecule has 1 fully saturated rings. The highest BCUT2D eigenvalue weighted by Crippen LogP contribution is 2.31. The molecule has 0 spiro atoms. The van der Waals surface area contributed by atoms with E-state index in [0.717, 1.165) is 19.4 Å². The molecule has 21 heavy (non-hydrogen) atoms. The average Bonchev–Trinajstić information content (AvgIpc) is 3.29. The van der Waals surface area contributed by atoms with Crippen LogP contribution in [-0.4, -0.2) is 23.4 Å². The van der Waals surface area contributed by atoms with Gasteiger partial charge in [-0.2, -0.15) is 0 Å². The summed E-state index contributed by atoms with van der Waals surface area (Å²) < 4.78 is 13.9. The van der Waals surface area contributed by atoms with Crippen LogP contribution in [0, 0.1) is 11.7 Å². The first-order chi connectivity index (χ1) is 10.1. The quantitative estimate of drug-likeness (QED) is 0.822. The fourth-order valence-electron chi connectivity index (χ4n) is 2.78. The lowest BCUT2D eigenvalue weighted by atomic mass is 10.0. The Morgan fingerprint density at radius 3 is 2.48 bits per heavy atom. The molecule has 0 atom stereocenters. The zero-order chi connectivity index (χ0) is 15.0. The molecule has 2 aromatic rings. The molecule has 0 N–H and O–H groups in total. The van der Waals surface area contributed by atoms with Gasteiger partial charge in [-0.3, -0.25) is 4.79 Å². The van der Waals surface area contributed by atoms with Crippen molar-refractivity contribution in [2.45, 2.75) is 32.7 Å². The second-order valence-electron chi connectivity index (χ2n) is 6.22. The number of carbonyl (C=O) groups excluding carboxylic acids is 1. The molecule has 1 aliphatic carbocycles. The topological polar surface area (TPSA) is 20.3 Å². The number of hydrogen-bond donors (Lipinski definition) is 0. The summed E-state index contributed by atoms with van der Waals surface area (Å²) in [6, 6.07) is 10.6. The molecule has 0 unspecified atom stereocenters. The highest BCUT2D eigenvalue weighted by molar-refractivity contribution is 6.07. The van der Waals surface area contributed by atoms with Crippen LogP contribution < -0.4 is 0 Å². The van der Waals surface area contributed by atoms with Crippen LogP contribution in [0.3, 0.4) is 0 Å². The Bertz CT molecular complexity index is 676. The van der Waals surface area contributed by atoms with E-state index in [4.69, 9.17) is 0 Å². The molecule has 3 rings (SSSR count). The van der Waals surface area contributed by atoms with Gasteiger partial charge in [0.2, 0.25) is 0 Å². The fourth-order valence-corrected chi connectivity index (χ4v) is 2.78. The van der Waals surface area contributed by atoms with Crippen LogP contribution in [0.25, 0.3) is 10.8 Å². The number of carbonyl (C=O) groups is 1. The molecule has 1 aliphatic rings. The molecule has 1 saturated carbocycles. The van der Waals surface area contributed by atoms with Crippen molar-refractivity contribution >= 4 is 16.7 Å². The van der Waals surface area contributed by atoms with Crippen molar-refractivity contribution in [1.29, 1.82) is 0 Å². The van der Waals surface area contributed by atoms with Gasteiger partial charge in [0.05, 0.1) is 0 Å². The van der Waals surface area contributed by atoms with Crippen LogP contribution in [0.1, 0.15) is 37.0 Å². The summed E-state index contributed by atoms with van der Waals surface area (Å²) in [6.45, 7) is 4.99. The van der Waals surface area contributed by atoms with Gasteiger partial charge in [0.25, 0.3) is 5.91 Å². The Hall–Kier alpha value is -1.90. The van der Waals surface area contributed by atoms with Crippen molar-refractivity contribution in [3.63, 3.8) is 0 Å². The Morgan fingerprint density at radius 2 is 1.86 bits per heavy atom. The second-order valence-corrected chi connectivity index (χ2v) is 6.22. The third-order valence-corrected chi connectivity index (χ3v) is 3.91. The van der Waals surface area contributed by atoms with Crippen LogP contribution in [0.5, 0.6) is 0 Å². The lowest BCUT2D eigenvalue weighted by molar-refractivity contribution is 0.0724. The molecule has 110 valence electrons. The van der Waals surface area contributed by atoms with Gasteiger partial charge < -0.3 is 4.90 Å². The molecule has 0 heterocycles. The van der Waals surface area contributed by atoms with Crippen molar-refractivity contribution < 1.29 is 9.18 Å². The zero-order valence-electron chi connectivity index (χ0n) is 12.5. The van der Waals surface area contributed by atoms with Gasteiger partial charge in [-0.05, 0) is 36.3 Å². The number of rotatable bonds is 4. The van der Waals surface area contributed by atoms with Crippen molar-refractivity contribution in [3.8, 4) is 0 Å². The highest BCUT2D eigenvalue weighted by Gasteiger charge is 2.33. The molecule has 0 aliphatic heterocycles. The molecule has 2 nitrogen and oxygen atoms in total. The average molecular weight is 285 g/mol. The lowest BCUT2D eigenvalue weighted by Crippen LogP contribution is -2.36. The zero-order valence-corrected chi connectivity index (χ0v) is 12.5. The van der Waals surface area contributed by atoms with E-state index in [1.54, 1.807) is 18.2 Å². The van der Waals surface area contributed by atoms with Gasteiger partial charge in [-0.1, -0.05) is 38.1 Å². The summed E-state index contributed by atoms with van der Waals surface area (Å²) in [5, 5.41) is 1.22. The summed E-state index contributed by atoms with van der Waals surface area (Å²) in [7, 11) is 0. The number of halogens is 1. The Morgan fingerprint density at radius 1 is 1.19 bits per heavy atom. The van der Waals surface area contributed by atoms with Crippen molar-refractivity contribution in [3.05, 3.63) is 47.8 Å². The molecular weight excluding hydrogens is 265 g/mol. The SMILES string of the molecule is CC(C)CN(C(=O)c1ccc(F)c2ccccc12)C1CC1. The van der Waals surface area contributed by atoms with Gasteiger partial charge in [0.1, 0.15) is 5.82 Å². The molecule has 3 heteroatoms. The van der Waals surface area contributed by atoms with E-state index in [-0.39, 0.29) is 11.7 Å². The maximum atomic E-state index is 13.9. The maximum Gasteiger partial charge on any atom is 0.254 e. The number of nitrogens with zero attached hydrogens (tertiary/aromatic N) is 1. The summed E-state index contributed by atoms with van der Waals surface area (Å²) in [5.74, 6) is 0.188. The minimum absolute atomic E-state index is 0.0300. The Labute approximate surface area is 124 Å². The Balaban J connectivity index is 2.02. The minimum atomic E-state index is -0.274. The van der Waals surface area contributed by atoms with E-state index in [1.165, 1.54) is 6.07 Å². The molecule has 0 bridgehead atoms. The molecular formula is C18H20FNO. The van der Waals surface area contributed by atoms with Crippen molar-refractivity contribution in [1.82, 2.24) is 4.90 Å². The first-order valence-corrected chi connectivity index (χ1v) is 7.56. The van der Waals surface area contributed by atoms with Crippen LogP contribution in [0.4, 0.5) is 4.39 Å². The normalized spacial score (nSPS) is 14.7. The third kappa shape index (κ3) is 2.78. The largest absolute Gasteiger partial charge is 0.335 e. The molecule has 2 aromatic carbocycles. The Kier molecular flexibility index (Phi) is 3.66. The van der Waals surface area contributed by atoms with Crippen molar-refractivity contribution in [2.24, 2.45) is 5.92 Å². The summed E-state index contributed by atoms with van der Waals surface area (Å²) in [6.07, 6.45) is 2.16. The fraction of sp³-hybridized carbons (Fsp3) is 0.389. The standard InChI is InChI=1S/C18H20FNO/c1-12(2)11-20(13-7-8-13)18(21)16-9-10-17(19)15-6-4-3-5-14(15)16/h3-6,9-10,12-13H,7-8,11H2,1-2H3. The van der Waals surface area contributed by atoms with E-state index in [9.17, 15) is 9.18 Å². The summed E-state index contributed by atoms with van der Waals surface area (Å²) in [4.78, 5) is 14.9. The predicted octanol–water partition coefficient (Wildman–Crippen LogP) is 4.24. The van der Waals surface area contributed by atoms with E-state index >= 15 is 0 Å². The minimum Gasteiger partial charge on any atom is -0.335 e. The van der Waals surface area contributed by atoms with Crippen LogP contribution in [-0.2, 0) is 0 Å². The molecule has 0 aromatic heterocycles. The van der Waals surface area contributed by atoms with Gasteiger partial charge >= 0.3 is 0 Å².